The number of hydrogen-bond donors (Lipinski definition) is 0. The molecule has 0 aromatic carbocycles. The summed E-state index contributed by atoms with van der Waals surface area (Å²) in [6, 6.07) is 0. The zero-order valence-electron chi connectivity index (χ0n) is 13.5. The fraction of sp³-hybridized carbons (Fsp3) is 0.778. The summed E-state index contributed by atoms with van der Waals surface area (Å²) in [6.45, 7) is 4.52. The smallest absolute Gasteiger partial charge is 0.306 e. The Balaban J connectivity index is 2.30. The van der Waals surface area contributed by atoms with Gasteiger partial charge in [0.2, 0.25) is 0 Å². The van der Waals surface area contributed by atoms with Gasteiger partial charge < -0.3 is 4.74 Å². The maximum absolute atomic E-state index is 11.9. The molecule has 21 heavy (non-hydrogen) atoms. The summed E-state index contributed by atoms with van der Waals surface area (Å²) in [7, 11) is 0. The van der Waals surface area contributed by atoms with Gasteiger partial charge in [0, 0.05) is 31.6 Å². The first-order chi connectivity index (χ1) is 10.2. The van der Waals surface area contributed by atoms with Crippen molar-refractivity contribution >= 4 is 11.8 Å². The number of Topliss-reactive ketones (excluding diaryl/α,β-unsaturated/α-hetero) is 1. The van der Waals surface area contributed by atoms with Crippen LogP contribution in [0.15, 0.2) is 0 Å². The van der Waals surface area contributed by atoms with E-state index in [2.05, 4.69) is 18.8 Å². The molecule has 0 aromatic rings. The zero-order valence-corrected chi connectivity index (χ0v) is 13.5. The van der Waals surface area contributed by atoms with Crippen LogP contribution in [0.2, 0.25) is 0 Å². The van der Waals surface area contributed by atoms with Crippen LogP contribution in [-0.2, 0) is 14.3 Å². The number of unbranched alkanes of at least 4 members (excludes halogenated alkanes) is 2. The molecule has 1 aliphatic carbocycles. The van der Waals surface area contributed by atoms with Crippen molar-refractivity contribution in [2.75, 3.05) is 6.61 Å². The van der Waals surface area contributed by atoms with Crippen molar-refractivity contribution in [3.8, 4) is 11.8 Å². The van der Waals surface area contributed by atoms with E-state index in [-0.39, 0.29) is 17.8 Å². The van der Waals surface area contributed by atoms with E-state index >= 15 is 0 Å². The average Bonchev–Trinajstić information content (AvgIpc) is 2.80. The highest BCUT2D eigenvalue weighted by atomic mass is 16.5. The minimum atomic E-state index is -0.173. The van der Waals surface area contributed by atoms with Gasteiger partial charge in [-0.25, -0.2) is 0 Å². The number of ketones is 1. The number of esters is 1. The van der Waals surface area contributed by atoms with Crippen molar-refractivity contribution < 1.29 is 14.3 Å². The lowest BCUT2D eigenvalue weighted by molar-refractivity contribution is -0.144. The number of hydrogen-bond acceptors (Lipinski definition) is 3. The highest BCUT2D eigenvalue weighted by molar-refractivity contribution is 5.84. The summed E-state index contributed by atoms with van der Waals surface area (Å²) in [5, 5.41) is 0. The lowest BCUT2D eigenvalue weighted by atomic mass is 9.88. The van der Waals surface area contributed by atoms with Gasteiger partial charge in [-0.1, -0.05) is 39.0 Å². The highest BCUT2D eigenvalue weighted by Gasteiger charge is 2.35. The van der Waals surface area contributed by atoms with Gasteiger partial charge in [0.15, 0.2) is 0 Å². The average molecular weight is 292 g/mol. The van der Waals surface area contributed by atoms with E-state index in [1.165, 1.54) is 0 Å². The summed E-state index contributed by atoms with van der Waals surface area (Å²) >= 11 is 0. The van der Waals surface area contributed by atoms with Crippen LogP contribution in [0.25, 0.3) is 0 Å². The summed E-state index contributed by atoms with van der Waals surface area (Å²) in [6.07, 6.45) is 7.66. The molecule has 2 unspecified atom stereocenters. The zero-order chi connectivity index (χ0) is 15.5. The SMILES string of the molecule is CCC#CCCOC(=O)CC1CCC(=O)C1CCCCC. The molecule has 3 nitrogen and oxygen atoms in total. The largest absolute Gasteiger partial charge is 0.465 e. The molecule has 1 saturated carbocycles. The van der Waals surface area contributed by atoms with Crippen LogP contribution in [0.5, 0.6) is 0 Å². The Morgan fingerprint density at radius 2 is 2.10 bits per heavy atom. The molecular weight excluding hydrogens is 264 g/mol. The number of rotatable bonds is 8. The first-order valence-corrected chi connectivity index (χ1v) is 8.33. The molecule has 0 amide bonds. The van der Waals surface area contributed by atoms with Gasteiger partial charge in [-0.3, -0.25) is 9.59 Å². The van der Waals surface area contributed by atoms with E-state index in [0.29, 0.717) is 31.7 Å². The van der Waals surface area contributed by atoms with Gasteiger partial charge in [-0.15, -0.1) is 5.92 Å². The summed E-state index contributed by atoms with van der Waals surface area (Å²) < 4.78 is 5.21. The lowest BCUT2D eigenvalue weighted by Crippen LogP contribution is -2.19. The first-order valence-electron chi connectivity index (χ1n) is 8.33. The Bertz CT molecular complexity index is 389. The van der Waals surface area contributed by atoms with Crippen LogP contribution in [0.1, 0.15) is 71.6 Å². The van der Waals surface area contributed by atoms with Gasteiger partial charge in [-0.2, -0.15) is 0 Å². The maximum atomic E-state index is 11.9. The Morgan fingerprint density at radius 3 is 2.81 bits per heavy atom. The monoisotopic (exact) mass is 292 g/mol. The summed E-state index contributed by atoms with van der Waals surface area (Å²) in [4.78, 5) is 23.8. The molecule has 0 radical (unpaired) electrons. The number of carbonyl (C=O) groups excluding carboxylic acids is 2. The predicted octanol–water partition coefficient (Wildman–Crippen LogP) is 3.90. The van der Waals surface area contributed by atoms with Crippen LogP contribution >= 0.6 is 0 Å². The fourth-order valence-electron chi connectivity index (χ4n) is 2.93. The minimum Gasteiger partial charge on any atom is -0.465 e. The molecule has 1 rings (SSSR count). The predicted molar refractivity (Wildman–Crippen MR) is 83.6 cm³/mol. The topological polar surface area (TPSA) is 43.4 Å². The van der Waals surface area contributed by atoms with E-state index in [9.17, 15) is 9.59 Å². The molecule has 0 spiro atoms. The first kappa shape index (κ1) is 17.8. The van der Waals surface area contributed by atoms with Gasteiger partial charge in [0.25, 0.3) is 0 Å². The second-order valence-electron chi connectivity index (χ2n) is 5.75. The summed E-state index contributed by atoms with van der Waals surface area (Å²) in [5.74, 6) is 6.36. The van der Waals surface area contributed by atoms with Crippen LogP contribution in [-0.4, -0.2) is 18.4 Å². The van der Waals surface area contributed by atoms with Crippen molar-refractivity contribution in [3.63, 3.8) is 0 Å². The van der Waals surface area contributed by atoms with E-state index in [1.807, 2.05) is 6.92 Å². The molecule has 0 aromatic heterocycles. The van der Waals surface area contributed by atoms with Crippen LogP contribution in [0, 0.1) is 23.7 Å². The second-order valence-corrected chi connectivity index (χ2v) is 5.75. The number of ether oxygens (including phenoxy) is 1. The van der Waals surface area contributed by atoms with Crippen molar-refractivity contribution in [2.24, 2.45) is 11.8 Å². The normalized spacial score (nSPS) is 21.0. The van der Waals surface area contributed by atoms with Gasteiger partial charge in [0.05, 0.1) is 0 Å². The summed E-state index contributed by atoms with van der Waals surface area (Å²) in [5.41, 5.74) is 0. The molecule has 0 aliphatic heterocycles. The lowest BCUT2D eigenvalue weighted by Gasteiger charge is -2.17. The molecule has 0 N–H and O–H groups in total. The van der Waals surface area contributed by atoms with Crippen LogP contribution < -0.4 is 0 Å². The molecular formula is C18H28O3. The molecule has 3 heteroatoms. The Kier molecular flexibility index (Phi) is 8.82. The van der Waals surface area contributed by atoms with E-state index in [4.69, 9.17) is 4.74 Å². The van der Waals surface area contributed by atoms with Crippen molar-refractivity contribution in [2.45, 2.75) is 71.6 Å². The quantitative estimate of drug-likeness (QED) is 0.387. The highest BCUT2D eigenvalue weighted by Crippen LogP contribution is 2.35. The van der Waals surface area contributed by atoms with Crippen LogP contribution in [0.4, 0.5) is 0 Å². The Morgan fingerprint density at radius 1 is 1.29 bits per heavy atom. The van der Waals surface area contributed by atoms with Gasteiger partial charge in [-0.05, 0) is 18.8 Å². The third-order valence-corrected chi connectivity index (χ3v) is 4.08. The molecule has 0 heterocycles. The minimum absolute atomic E-state index is 0.0870. The molecule has 0 saturated heterocycles. The second kappa shape index (κ2) is 10.4. The van der Waals surface area contributed by atoms with E-state index in [1.54, 1.807) is 0 Å². The van der Waals surface area contributed by atoms with Crippen molar-refractivity contribution in [1.82, 2.24) is 0 Å². The fourth-order valence-corrected chi connectivity index (χ4v) is 2.93. The molecule has 1 aliphatic rings. The van der Waals surface area contributed by atoms with Crippen LogP contribution in [0.3, 0.4) is 0 Å². The Labute approximate surface area is 128 Å². The van der Waals surface area contributed by atoms with Gasteiger partial charge >= 0.3 is 5.97 Å². The maximum Gasteiger partial charge on any atom is 0.306 e. The molecule has 2 atom stereocenters. The van der Waals surface area contributed by atoms with E-state index in [0.717, 1.165) is 38.5 Å². The molecule has 118 valence electrons. The van der Waals surface area contributed by atoms with Gasteiger partial charge in [0.1, 0.15) is 12.4 Å². The number of carbonyl (C=O) groups is 2. The van der Waals surface area contributed by atoms with Crippen molar-refractivity contribution in [1.29, 1.82) is 0 Å². The van der Waals surface area contributed by atoms with Crippen molar-refractivity contribution in [3.05, 3.63) is 0 Å². The Hall–Kier alpha value is -1.30. The third kappa shape index (κ3) is 6.80. The van der Waals surface area contributed by atoms with E-state index < -0.39 is 0 Å². The molecule has 0 bridgehead atoms. The molecule has 1 fully saturated rings. The standard InChI is InChI=1S/C18H28O3/c1-3-5-7-9-13-21-18(20)14-15-11-12-17(19)16(15)10-8-6-4-2/h15-16H,3-4,6,8-14H2,1-2H3. The third-order valence-electron chi connectivity index (χ3n) is 4.08.